The van der Waals surface area contributed by atoms with E-state index in [1.54, 1.807) is 74.5 Å². The number of carbonyl (C=O) groups is 14. The zero-order valence-corrected chi connectivity index (χ0v) is 65.7. The predicted molar refractivity (Wildman–Crippen MR) is 422 cm³/mol. The lowest BCUT2D eigenvalue weighted by Crippen LogP contribution is -2.62. The van der Waals surface area contributed by atoms with Gasteiger partial charge < -0.3 is 112 Å². The number of imidazole rings is 1. The molecule has 115 heavy (non-hydrogen) atoms. The van der Waals surface area contributed by atoms with Gasteiger partial charge in [-0.25, -0.2) is 9.78 Å². The van der Waals surface area contributed by atoms with E-state index in [-0.39, 0.29) is 159 Å². The summed E-state index contributed by atoms with van der Waals surface area (Å²) in [5, 5.41) is 48.4. The number of amides is 13. The van der Waals surface area contributed by atoms with Crippen LogP contribution >= 0.6 is 0 Å². The molecule has 38 nitrogen and oxygen atoms in total. The van der Waals surface area contributed by atoms with Crippen LogP contribution in [0.25, 0.3) is 0 Å². The summed E-state index contributed by atoms with van der Waals surface area (Å²) in [6, 6.07) is 3.88. The minimum atomic E-state index is -1.80. The normalized spacial score (nSPS) is 18.4. The fourth-order valence-electron chi connectivity index (χ4n) is 14.7. The number of hydrogen-bond acceptors (Lipinski definition) is 19. The Kier molecular flexibility index (Phi) is 36.0. The molecule has 0 aliphatic carbocycles. The van der Waals surface area contributed by atoms with E-state index < -0.39 is 162 Å². The SMILES string of the molecule is CCCC[C@H](NC(=O)[C@@H]1CCCN1C(=O)CNC(=O)[C@H](CCCCN)NC(=O)[C@H](Cc1cnc[nH]1)NC(=O)[C@H](CO)NC(=O)[C@H](CC(C)C)NC(=O)[C@H](CCCN=C(N)N)NC(=O)[C@@H]1CCCN1C(=O)[C@H](CCCN=C(N)N)NC(=O)[C@@H]1CCC(=O)N1)C(=O)N1CCC[C@H]1C(=O)NC(Cc1ccccc1)(Cc1ccccc1)C(=O)O. The van der Waals surface area contributed by atoms with E-state index in [0.717, 1.165) is 0 Å². The second-order valence-corrected chi connectivity index (χ2v) is 30.0. The summed E-state index contributed by atoms with van der Waals surface area (Å²) in [5.74, 6) is -11.4. The summed E-state index contributed by atoms with van der Waals surface area (Å²) in [6.45, 7) is 4.45. The Bertz CT molecular complexity index is 3820. The summed E-state index contributed by atoms with van der Waals surface area (Å²) < 4.78 is 0. The second-order valence-electron chi connectivity index (χ2n) is 30.0. The van der Waals surface area contributed by atoms with Gasteiger partial charge in [0.2, 0.25) is 76.8 Å². The molecule has 0 saturated carbocycles. The minimum absolute atomic E-state index is 0.0101. The zero-order chi connectivity index (χ0) is 83.7. The number of likely N-dealkylation sites (tertiary alicyclic amines) is 3. The van der Waals surface area contributed by atoms with Crippen LogP contribution in [0.3, 0.4) is 0 Å². The molecule has 13 amide bonds. The third-order valence-corrected chi connectivity index (χ3v) is 20.7. The van der Waals surface area contributed by atoms with Crippen molar-refractivity contribution in [1.29, 1.82) is 0 Å². The number of carboxylic acids is 1. The third kappa shape index (κ3) is 27.8. The maximum Gasteiger partial charge on any atom is 0.330 e. The molecule has 23 N–H and O–H groups in total. The molecule has 4 fully saturated rings. The number of aliphatic hydroxyl groups excluding tert-OH is 1. The summed E-state index contributed by atoms with van der Waals surface area (Å²) in [5.41, 5.74) is 27.9. The maximum absolute atomic E-state index is 14.7. The fourth-order valence-corrected chi connectivity index (χ4v) is 14.7. The van der Waals surface area contributed by atoms with Gasteiger partial charge in [0.15, 0.2) is 11.9 Å². The molecular weight excluding hydrogens is 1490 g/mol. The van der Waals surface area contributed by atoms with E-state index >= 15 is 0 Å². The highest BCUT2D eigenvalue weighted by Crippen LogP contribution is 2.27. The van der Waals surface area contributed by atoms with Gasteiger partial charge in [-0.1, -0.05) is 94.3 Å². The lowest BCUT2D eigenvalue weighted by atomic mass is 9.84. The number of carbonyl (C=O) groups excluding carboxylic acids is 13. The highest BCUT2D eigenvalue weighted by Gasteiger charge is 2.47. The summed E-state index contributed by atoms with van der Waals surface area (Å²) in [7, 11) is 0. The van der Waals surface area contributed by atoms with Crippen LogP contribution < -0.4 is 81.8 Å². The van der Waals surface area contributed by atoms with Crippen LogP contribution in [0.4, 0.5) is 0 Å². The van der Waals surface area contributed by atoms with Crippen molar-refractivity contribution < 1.29 is 77.3 Å². The van der Waals surface area contributed by atoms with Crippen molar-refractivity contribution in [2.75, 3.05) is 52.4 Å². The van der Waals surface area contributed by atoms with Crippen LogP contribution in [0.1, 0.15) is 160 Å². The number of aromatic nitrogens is 2. The molecule has 4 saturated heterocycles. The van der Waals surface area contributed by atoms with Crippen LogP contribution in [0.5, 0.6) is 0 Å². The fraction of sp³-hybridized carbons (Fsp3) is 0.597. The molecule has 2 aromatic carbocycles. The topological polar surface area (TPSA) is 593 Å². The number of H-pyrrole nitrogens is 1. The summed E-state index contributed by atoms with van der Waals surface area (Å²) in [4.78, 5) is 216. The van der Waals surface area contributed by atoms with Crippen molar-refractivity contribution >= 4 is 94.7 Å². The minimum Gasteiger partial charge on any atom is -0.479 e. The predicted octanol–water partition coefficient (Wildman–Crippen LogP) is -3.40. The standard InChI is InChI=1S/C77H116N22O16/c1-4-5-23-53(72(112)99-37-18-29-60(99)71(111)96-77(74(114)115,40-47-19-8-6-9-20-47)41-48-21-10-7-11-22-48)92-69(109)58-27-16-35-97(58)62(102)43-86-63(103)50(24-12-13-32-78)89-67(107)56(39-49-42-83-45-87-49)94-68(108)57(44-100)95-66(106)55(38-46(2)3)93-64(104)51(25-14-33-84-75(79)80)90-70(110)59-28-17-36-98(59)73(113)54(26-15-34-85-76(81)82)91-65(105)52-30-31-61(101)88-52/h6-11,19-22,42,45-46,50-60,100H,4-5,12-18,23-41,43-44,78H2,1-3H3,(H,83,87)(H,86,103)(H,88,101)(H,89,107)(H,90,110)(H,91,105)(H,92,109)(H,93,104)(H,94,108)(H,95,106)(H,96,111)(H,114,115)(H4,79,80,84)(H4,81,82,85)/t50-,51-,52-,53-,54-,55-,56-,57-,58-,59-,60-/m0/s1. The van der Waals surface area contributed by atoms with E-state index in [1.165, 1.54) is 27.2 Å². The average Bonchev–Trinajstić information content (AvgIpc) is 1.79. The molecule has 5 heterocycles. The maximum atomic E-state index is 14.7. The molecular formula is C77H116N22O16. The van der Waals surface area contributed by atoms with Crippen LogP contribution in [0, 0.1) is 5.92 Å². The van der Waals surface area contributed by atoms with Crippen molar-refractivity contribution in [2.24, 2.45) is 44.6 Å². The van der Waals surface area contributed by atoms with Crippen LogP contribution in [-0.2, 0) is 86.4 Å². The van der Waals surface area contributed by atoms with Crippen molar-refractivity contribution in [1.82, 2.24) is 77.8 Å². The molecule has 0 spiro atoms. The number of guanidine groups is 2. The van der Waals surface area contributed by atoms with Gasteiger partial charge in [-0.05, 0) is 126 Å². The number of benzene rings is 2. The molecule has 3 aromatic rings. The smallest absolute Gasteiger partial charge is 0.330 e. The molecule has 4 aliphatic heterocycles. The number of aliphatic imine (C=N–C) groups is 2. The molecule has 11 atom stereocenters. The lowest BCUT2D eigenvalue weighted by Gasteiger charge is -2.35. The Morgan fingerprint density at radius 2 is 1.03 bits per heavy atom. The lowest BCUT2D eigenvalue weighted by molar-refractivity contribution is -0.149. The third-order valence-electron chi connectivity index (χ3n) is 20.7. The summed E-state index contributed by atoms with van der Waals surface area (Å²) in [6.07, 6.45) is 6.72. The molecule has 1 aromatic heterocycles. The van der Waals surface area contributed by atoms with E-state index in [2.05, 4.69) is 73.1 Å². The monoisotopic (exact) mass is 1600 g/mol. The number of rotatable bonds is 46. The average molecular weight is 1610 g/mol. The number of aliphatic carboxylic acids is 1. The van der Waals surface area contributed by atoms with Gasteiger partial charge in [0.05, 0.1) is 19.5 Å². The molecule has 38 heteroatoms. The Morgan fingerprint density at radius 3 is 1.55 bits per heavy atom. The number of aromatic amines is 1. The van der Waals surface area contributed by atoms with E-state index in [1.807, 2.05) is 6.92 Å². The molecule has 0 unspecified atom stereocenters. The molecule has 4 aliphatic rings. The van der Waals surface area contributed by atoms with Crippen molar-refractivity contribution in [2.45, 2.75) is 234 Å². The Hall–Kier alpha value is -11.3. The summed E-state index contributed by atoms with van der Waals surface area (Å²) >= 11 is 0. The van der Waals surface area contributed by atoms with Gasteiger partial charge in [0, 0.05) is 70.3 Å². The van der Waals surface area contributed by atoms with Crippen LogP contribution in [0.15, 0.2) is 83.2 Å². The van der Waals surface area contributed by atoms with Crippen molar-refractivity contribution in [3.05, 3.63) is 90.0 Å². The first kappa shape index (κ1) is 90.9. The molecule has 0 bridgehead atoms. The first-order valence-electron chi connectivity index (χ1n) is 39.7. The number of nitrogens with two attached hydrogens (primary N) is 5. The van der Waals surface area contributed by atoms with Crippen molar-refractivity contribution in [3.8, 4) is 0 Å². The van der Waals surface area contributed by atoms with Crippen molar-refractivity contribution in [3.63, 3.8) is 0 Å². The Labute approximate surface area is 668 Å². The Morgan fingerprint density at radius 1 is 0.565 bits per heavy atom. The first-order chi connectivity index (χ1) is 55.0. The molecule has 0 radical (unpaired) electrons. The van der Waals surface area contributed by atoms with Gasteiger partial charge in [-0.2, -0.15) is 0 Å². The van der Waals surface area contributed by atoms with E-state index in [0.29, 0.717) is 61.8 Å². The molecule has 7 rings (SSSR count). The second kappa shape index (κ2) is 45.5. The largest absolute Gasteiger partial charge is 0.479 e. The van der Waals surface area contributed by atoms with Crippen LogP contribution in [-0.4, -0.2) is 254 Å². The highest BCUT2D eigenvalue weighted by molar-refractivity contribution is 6.00. The van der Waals surface area contributed by atoms with Gasteiger partial charge in [-0.3, -0.25) is 72.3 Å². The van der Waals surface area contributed by atoms with Gasteiger partial charge in [0.1, 0.15) is 72.0 Å². The number of hydrogen-bond donors (Lipinski definition) is 18. The number of aliphatic hydroxyl groups is 1. The quantitative estimate of drug-likeness (QED) is 0.0149. The molecule has 630 valence electrons. The van der Waals surface area contributed by atoms with Gasteiger partial charge in [-0.15, -0.1) is 0 Å². The number of nitrogens with one attached hydrogen (secondary N) is 11. The number of unbranched alkanes of at least 4 members (excludes halogenated alkanes) is 2. The zero-order valence-electron chi connectivity index (χ0n) is 65.7. The Balaban J connectivity index is 0.995. The van der Waals surface area contributed by atoms with Gasteiger partial charge in [0.25, 0.3) is 0 Å². The van der Waals surface area contributed by atoms with Gasteiger partial charge >= 0.3 is 5.97 Å². The highest BCUT2D eigenvalue weighted by atomic mass is 16.4. The van der Waals surface area contributed by atoms with Crippen LogP contribution in [0.2, 0.25) is 0 Å². The number of nitrogens with zero attached hydrogens (tertiary/aromatic N) is 6. The number of carboxylic acid groups (broad SMARTS) is 1. The van der Waals surface area contributed by atoms with E-state index in [4.69, 9.17) is 28.7 Å². The first-order valence-corrected chi connectivity index (χ1v) is 39.7. The van der Waals surface area contributed by atoms with E-state index in [9.17, 15) is 77.3 Å².